The van der Waals surface area contributed by atoms with Gasteiger partial charge in [-0.3, -0.25) is 14.5 Å². The highest BCUT2D eigenvalue weighted by Crippen LogP contribution is 2.24. The molecule has 4 nitrogen and oxygen atoms in total. The molecule has 2 aliphatic rings. The molecule has 0 aromatic rings. The highest BCUT2D eigenvalue weighted by atomic mass is 35.5. The summed E-state index contributed by atoms with van der Waals surface area (Å²) in [5.41, 5.74) is 5.80. The summed E-state index contributed by atoms with van der Waals surface area (Å²) in [4.78, 5) is 24.0. The molecule has 0 radical (unpaired) electrons. The minimum Gasteiger partial charge on any atom is -0.328 e. The zero-order chi connectivity index (χ0) is 10.8. The Bertz CT molecular complexity index is 291. The number of amides is 2. The molecule has 0 unspecified atom stereocenters. The van der Waals surface area contributed by atoms with Crippen LogP contribution < -0.4 is 5.73 Å². The first-order chi connectivity index (χ1) is 7.16. The number of nitrogens with two attached hydrogens (primary N) is 1. The number of halogens is 1. The van der Waals surface area contributed by atoms with Crippen molar-refractivity contribution in [3.05, 3.63) is 12.2 Å². The van der Waals surface area contributed by atoms with Gasteiger partial charge in [-0.05, 0) is 31.6 Å². The lowest BCUT2D eigenvalue weighted by molar-refractivity contribution is -0.137. The van der Waals surface area contributed by atoms with Crippen LogP contribution in [0.2, 0.25) is 0 Å². The maximum Gasteiger partial charge on any atom is 0.253 e. The molecule has 5 heteroatoms. The summed E-state index contributed by atoms with van der Waals surface area (Å²) in [6.07, 6.45) is 6.76. The number of nitrogens with zero attached hydrogens (tertiary/aromatic N) is 1. The summed E-state index contributed by atoms with van der Waals surface area (Å²) < 4.78 is 0. The van der Waals surface area contributed by atoms with Gasteiger partial charge in [0.05, 0.1) is 0 Å². The lowest BCUT2D eigenvalue weighted by atomic mass is 9.86. The molecule has 16 heavy (non-hydrogen) atoms. The smallest absolute Gasteiger partial charge is 0.253 e. The van der Waals surface area contributed by atoms with Gasteiger partial charge >= 0.3 is 0 Å². The molecular formula is C11H17ClN2O2. The Morgan fingerprint density at radius 2 is 1.62 bits per heavy atom. The van der Waals surface area contributed by atoms with Crippen LogP contribution in [-0.4, -0.2) is 29.3 Å². The number of rotatable bonds is 2. The third-order valence-corrected chi connectivity index (χ3v) is 3.23. The van der Waals surface area contributed by atoms with Crippen LogP contribution in [0, 0.1) is 5.92 Å². The molecule has 1 aliphatic heterocycles. The van der Waals surface area contributed by atoms with Gasteiger partial charge in [-0.2, -0.15) is 0 Å². The number of carbonyl (C=O) groups is 2. The molecule has 2 rings (SSSR count). The summed E-state index contributed by atoms with van der Waals surface area (Å²) in [6.45, 7) is 0.567. The van der Waals surface area contributed by atoms with Crippen LogP contribution in [0.1, 0.15) is 25.7 Å². The second-order valence-corrected chi connectivity index (χ2v) is 4.40. The van der Waals surface area contributed by atoms with Gasteiger partial charge in [0.15, 0.2) is 0 Å². The second-order valence-electron chi connectivity index (χ2n) is 4.40. The summed E-state index contributed by atoms with van der Waals surface area (Å²) in [5, 5.41) is 0. The van der Waals surface area contributed by atoms with E-state index in [1.807, 2.05) is 0 Å². The second kappa shape index (κ2) is 5.46. The monoisotopic (exact) mass is 244 g/mol. The third kappa shape index (κ3) is 2.83. The first-order valence-electron chi connectivity index (χ1n) is 5.46. The van der Waals surface area contributed by atoms with Crippen LogP contribution in [0.15, 0.2) is 12.2 Å². The Morgan fingerprint density at radius 3 is 2.12 bits per heavy atom. The number of hydrogen-bond acceptors (Lipinski definition) is 3. The zero-order valence-corrected chi connectivity index (χ0v) is 9.91. The van der Waals surface area contributed by atoms with E-state index in [0.717, 1.165) is 25.7 Å². The first kappa shape index (κ1) is 13.2. The predicted octanol–water partition coefficient (Wildman–Crippen LogP) is 0.851. The molecule has 1 heterocycles. The molecule has 0 spiro atoms. The molecule has 0 saturated heterocycles. The third-order valence-electron chi connectivity index (χ3n) is 3.23. The van der Waals surface area contributed by atoms with Crippen molar-refractivity contribution in [1.29, 1.82) is 0 Å². The van der Waals surface area contributed by atoms with E-state index in [1.165, 1.54) is 17.1 Å². The normalized spacial score (nSPS) is 29.4. The van der Waals surface area contributed by atoms with Crippen molar-refractivity contribution in [3.8, 4) is 0 Å². The zero-order valence-electron chi connectivity index (χ0n) is 9.09. The lowest BCUT2D eigenvalue weighted by Gasteiger charge is -2.28. The van der Waals surface area contributed by atoms with Crippen molar-refractivity contribution in [2.75, 3.05) is 6.54 Å². The summed E-state index contributed by atoms with van der Waals surface area (Å²) in [7, 11) is 0. The minimum atomic E-state index is -0.171. The topological polar surface area (TPSA) is 63.4 Å². The summed E-state index contributed by atoms with van der Waals surface area (Å²) in [6, 6.07) is 0.310. The van der Waals surface area contributed by atoms with Crippen LogP contribution in [0.5, 0.6) is 0 Å². The SMILES string of the molecule is Cl.NC1CCC(CN2C(=O)C=CC2=O)CC1. The molecule has 0 aromatic carbocycles. The fourth-order valence-electron chi connectivity index (χ4n) is 2.24. The molecule has 90 valence electrons. The van der Waals surface area contributed by atoms with Crippen LogP contribution in [0.25, 0.3) is 0 Å². The number of carbonyl (C=O) groups excluding carboxylic acids is 2. The molecule has 2 N–H and O–H groups in total. The largest absolute Gasteiger partial charge is 0.328 e. The van der Waals surface area contributed by atoms with Crippen LogP contribution in [0.4, 0.5) is 0 Å². The standard InChI is InChI=1S/C11H16N2O2.ClH/c12-9-3-1-8(2-4-9)7-13-10(14)5-6-11(13)15;/h5-6,8-9H,1-4,7,12H2;1H. The van der Waals surface area contributed by atoms with Gasteiger partial charge in [0.25, 0.3) is 11.8 Å². The number of imide groups is 1. The molecule has 1 aliphatic carbocycles. The molecule has 0 aromatic heterocycles. The van der Waals surface area contributed by atoms with Gasteiger partial charge in [-0.25, -0.2) is 0 Å². The molecular weight excluding hydrogens is 228 g/mol. The van der Waals surface area contributed by atoms with E-state index >= 15 is 0 Å². The van der Waals surface area contributed by atoms with E-state index in [9.17, 15) is 9.59 Å². The maximum atomic E-state index is 11.3. The average molecular weight is 245 g/mol. The average Bonchev–Trinajstić information content (AvgIpc) is 2.53. The fraction of sp³-hybridized carbons (Fsp3) is 0.636. The Kier molecular flexibility index (Phi) is 4.50. The highest BCUT2D eigenvalue weighted by molar-refractivity contribution is 6.12. The van der Waals surface area contributed by atoms with E-state index in [1.54, 1.807) is 0 Å². The van der Waals surface area contributed by atoms with Crippen LogP contribution in [0.3, 0.4) is 0 Å². The van der Waals surface area contributed by atoms with Gasteiger partial charge < -0.3 is 5.73 Å². The van der Waals surface area contributed by atoms with Gasteiger partial charge in [0, 0.05) is 24.7 Å². The van der Waals surface area contributed by atoms with Gasteiger partial charge in [-0.1, -0.05) is 0 Å². The van der Waals surface area contributed by atoms with Crippen LogP contribution >= 0.6 is 12.4 Å². The maximum absolute atomic E-state index is 11.3. The highest BCUT2D eigenvalue weighted by Gasteiger charge is 2.28. The van der Waals surface area contributed by atoms with Crippen molar-refractivity contribution < 1.29 is 9.59 Å². The summed E-state index contributed by atoms with van der Waals surface area (Å²) >= 11 is 0. The Morgan fingerprint density at radius 1 is 1.12 bits per heavy atom. The Balaban J connectivity index is 0.00000128. The first-order valence-corrected chi connectivity index (χ1v) is 5.46. The summed E-state index contributed by atoms with van der Waals surface area (Å²) in [5.74, 6) is 0.0994. The number of hydrogen-bond donors (Lipinski definition) is 1. The fourth-order valence-corrected chi connectivity index (χ4v) is 2.24. The van der Waals surface area contributed by atoms with Crippen molar-refractivity contribution in [2.24, 2.45) is 11.7 Å². The van der Waals surface area contributed by atoms with Crippen LogP contribution in [-0.2, 0) is 9.59 Å². The van der Waals surface area contributed by atoms with E-state index < -0.39 is 0 Å². The van der Waals surface area contributed by atoms with Gasteiger partial charge in [-0.15, -0.1) is 12.4 Å². The van der Waals surface area contributed by atoms with Crippen molar-refractivity contribution in [1.82, 2.24) is 4.90 Å². The Labute approximate surface area is 101 Å². The molecule has 0 bridgehead atoms. The van der Waals surface area contributed by atoms with Crippen molar-refractivity contribution >= 4 is 24.2 Å². The lowest BCUT2D eigenvalue weighted by Crippen LogP contribution is -2.37. The Hall–Kier alpha value is -0.870. The van der Waals surface area contributed by atoms with Gasteiger partial charge in [0.2, 0.25) is 0 Å². The van der Waals surface area contributed by atoms with E-state index in [-0.39, 0.29) is 24.2 Å². The minimum absolute atomic E-state index is 0. The van der Waals surface area contributed by atoms with Gasteiger partial charge in [0.1, 0.15) is 0 Å². The van der Waals surface area contributed by atoms with Crippen molar-refractivity contribution in [3.63, 3.8) is 0 Å². The molecule has 2 amide bonds. The predicted molar refractivity (Wildman–Crippen MR) is 63.0 cm³/mol. The van der Waals surface area contributed by atoms with E-state index in [4.69, 9.17) is 5.73 Å². The molecule has 1 fully saturated rings. The van der Waals surface area contributed by atoms with E-state index in [0.29, 0.717) is 18.5 Å². The van der Waals surface area contributed by atoms with E-state index in [2.05, 4.69) is 0 Å². The molecule has 1 saturated carbocycles. The molecule has 0 atom stereocenters. The van der Waals surface area contributed by atoms with Crippen molar-refractivity contribution in [2.45, 2.75) is 31.7 Å². The quantitative estimate of drug-likeness (QED) is 0.733.